The SMILES string of the molecule is CC(C)(CNC(=O)OCc1ccccc1)OCCO. The average molecular weight is 267 g/mol. The lowest BCUT2D eigenvalue weighted by Crippen LogP contribution is -2.41. The lowest BCUT2D eigenvalue weighted by Gasteiger charge is -2.25. The third-order valence-corrected chi connectivity index (χ3v) is 2.46. The summed E-state index contributed by atoms with van der Waals surface area (Å²) in [5, 5.41) is 11.3. The summed E-state index contributed by atoms with van der Waals surface area (Å²) in [6.45, 7) is 4.43. The molecule has 1 amide bonds. The average Bonchev–Trinajstić information content (AvgIpc) is 2.42. The van der Waals surface area contributed by atoms with E-state index in [0.717, 1.165) is 5.56 Å². The summed E-state index contributed by atoms with van der Waals surface area (Å²) in [7, 11) is 0. The summed E-state index contributed by atoms with van der Waals surface area (Å²) in [4.78, 5) is 11.5. The topological polar surface area (TPSA) is 67.8 Å². The van der Waals surface area contributed by atoms with Gasteiger partial charge in [0.25, 0.3) is 0 Å². The summed E-state index contributed by atoms with van der Waals surface area (Å²) in [6.07, 6.45) is -0.482. The summed E-state index contributed by atoms with van der Waals surface area (Å²) in [6, 6.07) is 9.47. The molecule has 0 radical (unpaired) electrons. The molecule has 5 nitrogen and oxygen atoms in total. The van der Waals surface area contributed by atoms with Crippen LogP contribution in [0.5, 0.6) is 0 Å². The molecular weight excluding hydrogens is 246 g/mol. The van der Waals surface area contributed by atoms with Gasteiger partial charge in [0.05, 0.1) is 18.8 Å². The number of aliphatic hydroxyl groups is 1. The van der Waals surface area contributed by atoms with Crippen LogP contribution in [0.2, 0.25) is 0 Å². The van der Waals surface area contributed by atoms with Crippen molar-refractivity contribution in [2.24, 2.45) is 0 Å². The Morgan fingerprint density at radius 3 is 2.63 bits per heavy atom. The maximum Gasteiger partial charge on any atom is 0.407 e. The van der Waals surface area contributed by atoms with Crippen LogP contribution in [-0.4, -0.2) is 36.6 Å². The van der Waals surface area contributed by atoms with Crippen LogP contribution in [-0.2, 0) is 16.1 Å². The molecule has 0 bridgehead atoms. The van der Waals surface area contributed by atoms with Gasteiger partial charge in [-0.1, -0.05) is 30.3 Å². The van der Waals surface area contributed by atoms with Crippen LogP contribution >= 0.6 is 0 Å². The fourth-order valence-electron chi connectivity index (χ4n) is 1.43. The Labute approximate surface area is 113 Å². The van der Waals surface area contributed by atoms with E-state index < -0.39 is 11.7 Å². The fraction of sp³-hybridized carbons (Fsp3) is 0.500. The van der Waals surface area contributed by atoms with Crippen LogP contribution in [0, 0.1) is 0 Å². The van der Waals surface area contributed by atoms with Crippen molar-refractivity contribution in [1.29, 1.82) is 0 Å². The zero-order chi connectivity index (χ0) is 14.1. The van der Waals surface area contributed by atoms with Crippen molar-refractivity contribution in [3.8, 4) is 0 Å². The first-order valence-electron chi connectivity index (χ1n) is 6.23. The van der Waals surface area contributed by atoms with E-state index in [4.69, 9.17) is 14.6 Å². The second-order valence-electron chi connectivity index (χ2n) is 4.75. The molecule has 5 heteroatoms. The van der Waals surface area contributed by atoms with Crippen molar-refractivity contribution in [2.45, 2.75) is 26.1 Å². The van der Waals surface area contributed by atoms with Crippen LogP contribution < -0.4 is 5.32 Å². The van der Waals surface area contributed by atoms with Crippen molar-refractivity contribution in [3.63, 3.8) is 0 Å². The number of hydrogen-bond donors (Lipinski definition) is 2. The molecule has 2 N–H and O–H groups in total. The first-order valence-corrected chi connectivity index (χ1v) is 6.23. The molecule has 0 atom stereocenters. The van der Waals surface area contributed by atoms with E-state index in [1.54, 1.807) is 0 Å². The highest BCUT2D eigenvalue weighted by Crippen LogP contribution is 2.07. The van der Waals surface area contributed by atoms with E-state index in [0.29, 0.717) is 6.54 Å². The molecule has 0 saturated heterocycles. The monoisotopic (exact) mass is 267 g/mol. The third kappa shape index (κ3) is 6.79. The maximum absolute atomic E-state index is 11.5. The molecular formula is C14H21NO4. The molecule has 106 valence electrons. The molecule has 0 spiro atoms. The minimum Gasteiger partial charge on any atom is -0.445 e. The van der Waals surface area contributed by atoms with Crippen LogP contribution in [0.25, 0.3) is 0 Å². The first-order chi connectivity index (χ1) is 9.03. The standard InChI is InChI=1S/C14H21NO4/c1-14(2,19-9-8-16)11-15-13(17)18-10-12-6-4-3-5-7-12/h3-7,16H,8-11H2,1-2H3,(H,15,17). The highest BCUT2D eigenvalue weighted by molar-refractivity contribution is 5.67. The maximum atomic E-state index is 11.5. The van der Waals surface area contributed by atoms with Gasteiger partial charge in [-0.15, -0.1) is 0 Å². The van der Waals surface area contributed by atoms with Gasteiger partial charge in [0, 0.05) is 6.54 Å². The second kappa shape index (κ2) is 7.76. The Hall–Kier alpha value is -1.59. The first kappa shape index (κ1) is 15.5. The molecule has 1 aromatic carbocycles. The minimum atomic E-state index is -0.533. The molecule has 0 unspecified atom stereocenters. The van der Waals surface area contributed by atoms with Crippen LogP contribution in [0.3, 0.4) is 0 Å². The molecule has 1 rings (SSSR count). The molecule has 19 heavy (non-hydrogen) atoms. The molecule has 0 fully saturated rings. The van der Waals surface area contributed by atoms with E-state index in [9.17, 15) is 4.79 Å². The van der Waals surface area contributed by atoms with Gasteiger partial charge in [0.15, 0.2) is 0 Å². The summed E-state index contributed by atoms with van der Waals surface area (Å²) >= 11 is 0. The normalized spacial score (nSPS) is 11.1. The quantitative estimate of drug-likeness (QED) is 0.789. The van der Waals surface area contributed by atoms with Crippen molar-refractivity contribution >= 4 is 6.09 Å². The van der Waals surface area contributed by atoms with Gasteiger partial charge in [-0.05, 0) is 19.4 Å². The number of carbonyl (C=O) groups excluding carboxylic acids is 1. The van der Waals surface area contributed by atoms with Gasteiger partial charge in [0.2, 0.25) is 0 Å². The van der Waals surface area contributed by atoms with Gasteiger partial charge in [-0.25, -0.2) is 4.79 Å². The number of carbonyl (C=O) groups is 1. The van der Waals surface area contributed by atoms with Gasteiger partial charge < -0.3 is 19.9 Å². The predicted molar refractivity (Wildman–Crippen MR) is 71.7 cm³/mol. The Kier molecular flexibility index (Phi) is 6.32. The number of benzene rings is 1. The highest BCUT2D eigenvalue weighted by Gasteiger charge is 2.19. The largest absolute Gasteiger partial charge is 0.445 e. The van der Waals surface area contributed by atoms with Crippen LogP contribution in [0.1, 0.15) is 19.4 Å². The Balaban J connectivity index is 2.24. The number of aliphatic hydroxyl groups excluding tert-OH is 1. The van der Waals surface area contributed by atoms with Gasteiger partial charge in [0.1, 0.15) is 6.61 Å². The smallest absolute Gasteiger partial charge is 0.407 e. The molecule has 0 aromatic heterocycles. The highest BCUT2D eigenvalue weighted by atomic mass is 16.5. The van der Waals surface area contributed by atoms with Crippen LogP contribution in [0.4, 0.5) is 4.79 Å². The molecule has 1 aromatic rings. The molecule has 0 saturated carbocycles. The van der Waals surface area contributed by atoms with Crippen molar-refractivity contribution in [2.75, 3.05) is 19.8 Å². The lowest BCUT2D eigenvalue weighted by atomic mass is 10.1. The molecule has 0 aliphatic rings. The molecule has 0 aliphatic heterocycles. The number of ether oxygens (including phenoxy) is 2. The lowest BCUT2D eigenvalue weighted by molar-refractivity contribution is -0.0314. The molecule has 0 aliphatic carbocycles. The fourth-order valence-corrected chi connectivity index (χ4v) is 1.43. The zero-order valence-electron chi connectivity index (χ0n) is 11.4. The van der Waals surface area contributed by atoms with Crippen molar-refractivity contribution in [1.82, 2.24) is 5.32 Å². The number of alkyl carbamates (subject to hydrolysis) is 1. The van der Waals surface area contributed by atoms with Gasteiger partial charge in [-0.3, -0.25) is 0 Å². The summed E-state index contributed by atoms with van der Waals surface area (Å²) in [5.41, 5.74) is 0.405. The van der Waals surface area contributed by atoms with Gasteiger partial charge in [-0.2, -0.15) is 0 Å². The Morgan fingerprint density at radius 2 is 2.00 bits per heavy atom. The van der Waals surface area contributed by atoms with E-state index in [2.05, 4.69) is 5.32 Å². The third-order valence-electron chi connectivity index (χ3n) is 2.46. The zero-order valence-corrected chi connectivity index (χ0v) is 11.4. The Morgan fingerprint density at radius 1 is 1.32 bits per heavy atom. The predicted octanol–water partition coefficient (Wildman–Crippen LogP) is 1.70. The number of amides is 1. The second-order valence-corrected chi connectivity index (χ2v) is 4.75. The van der Waals surface area contributed by atoms with E-state index >= 15 is 0 Å². The number of rotatable bonds is 7. The number of hydrogen-bond acceptors (Lipinski definition) is 4. The van der Waals surface area contributed by atoms with E-state index in [1.807, 2.05) is 44.2 Å². The Bertz CT molecular complexity index is 378. The van der Waals surface area contributed by atoms with Crippen LogP contribution in [0.15, 0.2) is 30.3 Å². The summed E-state index contributed by atoms with van der Waals surface area (Å²) < 4.78 is 10.4. The number of nitrogens with one attached hydrogen (secondary N) is 1. The van der Waals surface area contributed by atoms with Crippen molar-refractivity contribution in [3.05, 3.63) is 35.9 Å². The van der Waals surface area contributed by atoms with Gasteiger partial charge >= 0.3 is 6.09 Å². The van der Waals surface area contributed by atoms with E-state index in [-0.39, 0.29) is 19.8 Å². The molecule has 0 heterocycles. The van der Waals surface area contributed by atoms with Crippen molar-refractivity contribution < 1.29 is 19.4 Å². The van der Waals surface area contributed by atoms with E-state index in [1.165, 1.54) is 0 Å². The minimum absolute atomic E-state index is 0.0398. The summed E-state index contributed by atoms with van der Waals surface area (Å²) in [5.74, 6) is 0.